The van der Waals surface area contributed by atoms with Crippen LogP contribution in [-0.4, -0.2) is 19.2 Å². The van der Waals surface area contributed by atoms with Gasteiger partial charge in [-0.1, -0.05) is 42.5 Å². The molecule has 2 heterocycles. The van der Waals surface area contributed by atoms with Crippen LogP contribution in [0.15, 0.2) is 60.9 Å². The van der Waals surface area contributed by atoms with Crippen molar-refractivity contribution in [2.75, 3.05) is 0 Å². The predicted molar refractivity (Wildman–Crippen MR) is 74.0 cm³/mol. The van der Waals surface area contributed by atoms with Crippen LogP contribution in [0, 0.1) is 0 Å². The molecule has 0 atom stereocenters. The van der Waals surface area contributed by atoms with E-state index < -0.39 is 0 Å². The van der Waals surface area contributed by atoms with E-state index in [1.165, 1.54) is 5.56 Å². The summed E-state index contributed by atoms with van der Waals surface area (Å²) >= 11 is 0. The second-order valence-electron chi connectivity index (χ2n) is 4.56. The van der Waals surface area contributed by atoms with Crippen molar-refractivity contribution in [3.05, 3.63) is 66.5 Å². The van der Waals surface area contributed by atoms with E-state index in [0.717, 1.165) is 23.4 Å². The number of aromatic nitrogens is 4. The summed E-state index contributed by atoms with van der Waals surface area (Å²) in [6, 6.07) is 18.4. The lowest BCUT2D eigenvalue weighted by atomic mass is 10.2. The third-order valence-corrected chi connectivity index (χ3v) is 3.28. The Hall–Kier alpha value is -2.62. The molecule has 0 aliphatic carbocycles. The van der Waals surface area contributed by atoms with Gasteiger partial charge in [0.15, 0.2) is 0 Å². The Morgan fingerprint density at radius 2 is 1.68 bits per heavy atom. The van der Waals surface area contributed by atoms with E-state index in [2.05, 4.69) is 26.8 Å². The van der Waals surface area contributed by atoms with Gasteiger partial charge in [-0.25, -0.2) is 4.98 Å². The lowest BCUT2D eigenvalue weighted by Gasteiger charge is -2.01. The first-order chi connectivity index (χ1) is 9.42. The molecule has 4 rings (SSSR count). The van der Waals surface area contributed by atoms with Gasteiger partial charge in [0.1, 0.15) is 6.33 Å². The fourth-order valence-electron chi connectivity index (χ4n) is 2.36. The zero-order valence-electron chi connectivity index (χ0n) is 10.3. The minimum absolute atomic E-state index is 0.785. The van der Waals surface area contributed by atoms with Gasteiger partial charge >= 0.3 is 0 Å². The Morgan fingerprint density at radius 3 is 2.58 bits per heavy atom. The number of benzene rings is 2. The summed E-state index contributed by atoms with van der Waals surface area (Å²) in [5.41, 5.74) is 3.27. The minimum Gasteiger partial charge on any atom is -0.295 e. The zero-order chi connectivity index (χ0) is 12.7. The van der Waals surface area contributed by atoms with Gasteiger partial charge < -0.3 is 0 Å². The summed E-state index contributed by atoms with van der Waals surface area (Å²) in [4.78, 5) is 4.63. The molecule has 0 aliphatic rings. The maximum Gasteiger partial charge on any atom is 0.233 e. The monoisotopic (exact) mass is 248 g/mol. The van der Waals surface area contributed by atoms with Crippen LogP contribution in [0.1, 0.15) is 5.56 Å². The van der Waals surface area contributed by atoms with Crippen LogP contribution < -0.4 is 0 Å². The van der Waals surface area contributed by atoms with E-state index in [4.69, 9.17) is 0 Å². The fourth-order valence-corrected chi connectivity index (χ4v) is 2.36. The van der Waals surface area contributed by atoms with Gasteiger partial charge in [0.05, 0.1) is 17.6 Å². The maximum absolute atomic E-state index is 4.63. The van der Waals surface area contributed by atoms with E-state index in [9.17, 15) is 0 Å². The van der Waals surface area contributed by atoms with Crippen LogP contribution in [0.4, 0.5) is 0 Å². The van der Waals surface area contributed by atoms with Gasteiger partial charge in [-0.15, -0.1) is 0 Å². The number of hydrogen-bond acceptors (Lipinski definition) is 2. The summed E-state index contributed by atoms with van der Waals surface area (Å²) < 4.78 is 3.95. The fraction of sp³-hybridized carbons (Fsp3) is 0.0667. The van der Waals surface area contributed by atoms with E-state index in [1.807, 2.05) is 53.3 Å². The van der Waals surface area contributed by atoms with E-state index in [-0.39, 0.29) is 0 Å². The predicted octanol–water partition coefficient (Wildman–Crippen LogP) is 2.73. The van der Waals surface area contributed by atoms with Crippen molar-refractivity contribution in [3.63, 3.8) is 0 Å². The molecule has 0 bridgehead atoms. The van der Waals surface area contributed by atoms with Crippen molar-refractivity contribution in [1.82, 2.24) is 19.2 Å². The lowest BCUT2D eigenvalue weighted by Crippen LogP contribution is -1.98. The van der Waals surface area contributed by atoms with Crippen molar-refractivity contribution in [1.29, 1.82) is 0 Å². The smallest absolute Gasteiger partial charge is 0.233 e. The van der Waals surface area contributed by atoms with Crippen LogP contribution in [-0.2, 0) is 6.54 Å². The summed E-state index contributed by atoms with van der Waals surface area (Å²) in [5.74, 6) is 0.880. The Morgan fingerprint density at radius 1 is 0.895 bits per heavy atom. The van der Waals surface area contributed by atoms with Gasteiger partial charge in [0.25, 0.3) is 0 Å². The first-order valence-corrected chi connectivity index (χ1v) is 6.24. The third-order valence-electron chi connectivity index (χ3n) is 3.28. The van der Waals surface area contributed by atoms with Gasteiger partial charge in [-0.3, -0.25) is 4.57 Å². The standard InChI is InChI=1S/C15H12N4/c1-2-6-12(7-3-1)10-18-11-16-19-14-9-5-4-8-13(14)17-15(18)19/h1-9,11H,10H2. The molecule has 0 saturated carbocycles. The number of imidazole rings is 1. The third kappa shape index (κ3) is 1.61. The molecule has 0 spiro atoms. The second kappa shape index (κ2) is 3.95. The topological polar surface area (TPSA) is 35.1 Å². The molecule has 0 fully saturated rings. The van der Waals surface area contributed by atoms with Crippen molar-refractivity contribution in [3.8, 4) is 0 Å². The average Bonchev–Trinajstić information content (AvgIpc) is 3.00. The van der Waals surface area contributed by atoms with E-state index in [0.29, 0.717) is 0 Å². The quantitative estimate of drug-likeness (QED) is 0.546. The van der Waals surface area contributed by atoms with Crippen molar-refractivity contribution in [2.45, 2.75) is 6.54 Å². The molecule has 0 N–H and O–H groups in total. The highest BCUT2D eigenvalue weighted by Crippen LogP contribution is 2.16. The largest absolute Gasteiger partial charge is 0.295 e. The summed E-state index contributed by atoms with van der Waals surface area (Å²) in [6.45, 7) is 0.785. The Kier molecular flexibility index (Phi) is 2.14. The number of nitrogens with zero attached hydrogens (tertiary/aromatic N) is 4. The molecule has 0 aliphatic heterocycles. The average molecular weight is 248 g/mol. The molecule has 0 unspecified atom stereocenters. The highest BCUT2D eigenvalue weighted by atomic mass is 15.4. The van der Waals surface area contributed by atoms with E-state index in [1.54, 1.807) is 0 Å². The summed E-state index contributed by atoms with van der Waals surface area (Å²) in [7, 11) is 0. The summed E-state index contributed by atoms with van der Waals surface area (Å²) in [6.07, 6.45) is 1.84. The minimum atomic E-state index is 0.785. The van der Waals surface area contributed by atoms with E-state index >= 15 is 0 Å². The Labute approximate surface area is 109 Å². The van der Waals surface area contributed by atoms with Crippen molar-refractivity contribution < 1.29 is 0 Å². The molecule has 0 saturated heterocycles. The number of hydrogen-bond donors (Lipinski definition) is 0. The molecule has 2 aromatic heterocycles. The normalized spacial score (nSPS) is 11.4. The summed E-state index contributed by atoms with van der Waals surface area (Å²) in [5, 5.41) is 4.42. The second-order valence-corrected chi connectivity index (χ2v) is 4.56. The Bertz CT molecular complexity index is 842. The van der Waals surface area contributed by atoms with Crippen LogP contribution in [0.25, 0.3) is 16.8 Å². The maximum atomic E-state index is 4.63. The van der Waals surface area contributed by atoms with Gasteiger partial charge in [-0.05, 0) is 17.7 Å². The lowest BCUT2D eigenvalue weighted by molar-refractivity contribution is 0.815. The number of fused-ring (bicyclic) bond motifs is 3. The van der Waals surface area contributed by atoms with Gasteiger partial charge in [-0.2, -0.15) is 9.61 Å². The Balaban J connectivity index is 1.87. The SMILES string of the molecule is c1ccc(Cn2cnn3c4ccccc4nc23)cc1. The van der Waals surface area contributed by atoms with Gasteiger partial charge in [0, 0.05) is 0 Å². The van der Waals surface area contributed by atoms with Crippen LogP contribution in [0.2, 0.25) is 0 Å². The van der Waals surface area contributed by atoms with Gasteiger partial charge in [0.2, 0.25) is 5.78 Å². The molecular weight excluding hydrogens is 236 g/mol. The molecule has 0 radical (unpaired) electrons. The molecule has 92 valence electrons. The van der Waals surface area contributed by atoms with Crippen LogP contribution in [0.5, 0.6) is 0 Å². The molecule has 4 aromatic rings. The first-order valence-electron chi connectivity index (χ1n) is 6.24. The van der Waals surface area contributed by atoms with Crippen molar-refractivity contribution >= 4 is 16.8 Å². The molecule has 4 nitrogen and oxygen atoms in total. The zero-order valence-corrected chi connectivity index (χ0v) is 10.3. The molecule has 2 aromatic carbocycles. The molecule has 19 heavy (non-hydrogen) atoms. The molecular formula is C15H12N4. The van der Waals surface area contributed by atoms with Crippen LogP contribution in [0.3, 0.4) is 0 Å². The number of para-hydroxylation sites is 2. The van der Waals surface area contributed by atoms with Crippen molar-refractivity contribution in [2.24, 2.45) is 0 Å². The highest BCUT2D eigenvalue weighted by Gasteiger charge is 2.09. The van der Waals surface area contributed by atoms with Crippen LogP contribution >= 0.6 is 0 Å². The molecule has 4 heteroatoms. The molecule has 0 amide bonds. The highest BCUT2D eigenvalue weighted by molar-refractivity contribution is 5.78. The first kappa shape index (κ1) is 10.3. The number of rotatable bonds is 2.